The number of rotatable bonds is 5. The van der Waals surface area contributed by atoms with E-state index in [9.17, 15) is 0 Å². The van der Waals surface area contributed by atoms with Gasteiger partial charge < -0.3 is 5.32 Å². The number of thiophene rings is 1. The van der Waals surface area contributed by atoms with Crippen molar-refractivity contribution in [1.82, 2.24) is 5.32 Å². The molecule has 1 unspecified atom stereocenters. The van der Waals surface area contributed by atoms with E-state index in [1.807, 2.05) is 23.5 Å². The van der Waals surface area contributed by atoms with Crippen LogP contribution in [0, 0.1) is 6.92 Å². The molecular weight excluding hydrogens is 262 g/mol. The molecule has 0 aliphatic heterocycles. The number of halogens is 1. The molecule has 18 heavy (non-hydrogen) atoms. The van der Waals surface area contributed by atoms with Crippen LogP contribution in [0.25, 0.3) is 0 Å². The highest BCUT2D eigenvalue weighted by Crippen LogP contribution is 2.27. The van der Waals surface area contributed by atoms with E-state index in [1.165, 1.54) is 16.0 Å². The van der Waals surface area contributed by atoms with Gasteiger partial charge in [0.15, 0.2) is 0 Å². The normalized spacial score (nSPS) is 12.6. The van der Waals surface area contributed by atoms with Crippen molar-refractivity contribution in [3.8, 4) is 0 Å². The maximum absolute atomic E-state index is 6.21. The minimum absolute atomic E-state index is 0.340. The summed E-state index contributed by atoms with van der Waals surface area (Å²) in [5.41, 5.74) is 2.49. The van der Waals surface area contributed by atoms with Crippen LogP contribution < -0.4 is 5.32 Å². The van der Waals surface area contributed by atoms with Gasteiger partial charge in [0.05, 0.1) is 0 Å². The lowest BCUT2D eigenvalue weighted by Crippen LogP contribution is -2.23. The van der Waals surface area contributed by atoms with Crippen molar-refractivity contribution in [1.29, 1.82) is 0 Å². The fourth-order valence-electron chi connectivity index (χ4n) is 2.17. The van der Waals surface area contributed by atoms with Gasteiger partial charge in [-0.05, 0) is 42.1 Å². The van der Waals surface area contributed by atoms with Crippen molar-refractivity contribution in [3.05, 3.63) is 56.7 Å². The van der Waals surface area contributed by atoms with E-state index in [0.717, 1.165) is 18.0 Å². The van der Waals surface area contributed by atoms with Gasteiger partial charge in [-0.1, -0.05) is 36.7 Å². The predicted molar refractivity (Wildman–Crippen MR) is 80.6 cm³/mol. The number of hydrogen-bond donors (Lipinski definition) is 1. The molecule has 1 heterocycles. The molecule has 2 rings (SSSR count). The SMILES string of the molecule is CCNC(Cc1cccs1)c1cccc(Cl)c1C. The number of hydrogen-bond acceptors (Lipinski definition) is 2. The molecule has 0 radical (unpaired) electrons. The maximum Gasteiger partial charge on any atom is 0.0438 e. The molecule has 1 nitrogen and oxygen atoms in total. The van der Waals surface area contributed by atoms with Gasteiger partial charge in [0.1, 0.15) is 0 Å². The molecule has 0 aliphatic carbocycles. The molecule has 1 N–H and O–H groups in total. The van der Waals surface area contributed by atoms with Crippen LogP contribution in [0.15, 0.2) is 35.7 Å². The Morgan fingerprint density at radius 1 is 1.28 bits per heavy atom. The van der Waals surface area contributed by atoms with E-state index in [4.69, 9.17) is 11.6 Å². The second-order valence-electron chi connectivity index (χ2n) is 4.35. The molecule has 0 saturated carbocycles. The molecule has 0 saturated heterocycles. The monoisotopic (exact) mass is 279 g/mol. The van der Waals surface area contributed by atoms with E-state index in [1.54, 1.807) is 0 Å². The predicted octanol–water partition coefficient (Wildman–Crippen LogP) is 4.60. The van der Waals surface area contributed by atoms with Crippen LogP contribution >= 0.6 is 22.9 Å². The van der Waals surface area contributed by atoms with Crippen LogP contribution in [0.2, 0.25) is 5.02 Å². The van der Waals surface area contributed by atoms with Crippen LogP contribution in [0.5, 0.6) is 0 Å². The van der Waals surface area contributed by atoms with Crippen LogP contribution in [0.3, 0.4) is 0 Å². The summed E-state index contributed by atoms with van der Waals surface area (Å²) in [4.78, 5) is 1.40. The van der Waals surface area contributed by atoms with E-state index >= 15 is 0 Å². The lowest BCUT2D eigenvalue weighted by atomic mass is 9.98. The molecule has 1 aromatic heterocycles. The third-order valence-electron chi connectivity index (χ3n) is 3.12. The number of likely N-dealkylation sites (N-methyl/N-ethyl adjacent to an activating group) is 1. The summed E-state index contributed by atoms with van der Waals surface area (Å²) in [7, 11) is 0. The maximum atomic E-state index is 6.21. The second kappa shape index (κ2) is 6.37. The first-order chi connectivity index (χ1) is 8.72. The van der Waals surface area contributed by atoms with Gasteiger partial charge in [-0.2, -0.15) is 0 Å². The Labute approximate surface area is 118 Å². The van der Waals surface area contributed by atoms with Crippen molar-refractivity contribution in [2.24, 2.45) is 0 Å². The lowest BCUT2D eigenvalue weighted by Gasteiger charge is -2.20. The fraction of sp³-hybridized carbons (Fsp3) is 0.333. The molecule has 1 aromatic carbocycles. The molecule has 96 valence electrons. The Balaban J connectivity index is 2.26. The van der Waals surface area contributed by atoms with Crippen LogP contribution in [0.1, 0.15) is 29.0 Å². The van der Waals surface area contributed by atoms with Gasteiger partial charge in [-0.3, -0.25) is 0 Å². The van der Waals surface area contributed by atoms with Gasteiger partial charge in [0.25, 0.3) is 0 Å². The zero-order valence-corrected chi connectivity index (χ0v) is 12.3. The highest BCUT2D eigenvalue weighted by molar-refractivity contribution is 7.09. The van der Waals surface area contributed by atoms with Crippen LogP contribution in [-0.2, 0) is 6.42 Å². The minimum atomic E-state index is 0.340. The highest BCUT2D eigenvalue weighted by Gasteiger charge is 2.15. The third kappa shape index (κ3) is 3.14. The Bertz CT molecular complexity index is 493. The number of benzene rings is 1. The lowest BCUT2D eigenvalue weighted by molar-refractivity contribution is 0.551. The largest absolute Gasteiger partial charge is 0.310 e. The summed E-state index contributed by atoms with van der Waals surface area (Å²) in [6.07, 6.45) is 1.02. The first-order valence-corrected chi connectivity index (χ1v) is 7.49. The van der Waals surface area contributed by atoms with Crippen molar-refractivity contribution < 1.29 is 0 Å². The molecule has 3 heteroatoms. The molecule has 0 amide bonds. The van der Waals surface area contributed by atoms with E-state index in [0.29, 0.717) is 6.04 Å². The average molecular weight is 280 g/mol. The van der Waals surface area contributed by atoms with Crippen molar-refractivity contribution in [2.45, 2.75) is 26.3 Å². The minimum Gasteiger partial charge on any atom is -0.310 e. The Morgan fingerprint density at radius 3 is 2.78 bits per heavy atom. The first-order valence-electron chi connectivity index (χ1n) is 6.23. The molecule has 0 bridgehead atoms. The van der Waals surface area contributed by atoms with Gasteiger partial charge in [-0.25, -0.2) is 0 Å². The standard InChI is InChI=1S/C15H18ClNS/c1-3-17-15(10-12-6-5-9-18-12)13-7-4-8-14(16)11(13)2/h4-9,15,17H,3,10H2,1-2H3. The van der Waals surface area contributed by atoms with E-state index in [-0.39, 0.29) is 0 Å². The van der Waals surface area contributed by atoms with Gasteiger partial charge in [-0.15, -0.1) is 11.3 Å². The number of nitrogens with one attached hydrogen (secondary N) is 1. The topological polar surface area (TPSA) is 12.0 Å². The molecule has 0 spiro atoms. The summed E-state index contributed by atoms with van der Waals surface area (Å²) in [5.74, 6) is 0. The van der Waals surface area contributed by atoms with Crippen LogP contribution in [-0.4, -0.2) is 6.54 Å². The second-order valence-corrected chi connectivity index (χ2v) is 5.79. The zero-order chi connectivity index (χ0) is 13.0. The van der Waals surface area contributed by atoms with Gasteiger partial charge in [0, 0.05) is 22.4 Å². The molecule has 0 aliphatic rings. The highest BCUT2D eigenvalue weighted by atomic mass is 35.5. The summed E-state index contributed by atoms with van der Waals surface area (Å²) in [6, 6.07) is 10.8. The van der Waals surface area contributed by atoms with Crippen LogP contribution in [0.4, 0.5) is 0 Å². The smallest absolute Gasteiger partial charge is 0.0438 e. The zero-order valence-electron chi connectivity index (χ0n) is 10.7. The molecule has 0 fully saturated rings. The molecule has 2 aromatic rings. The van der Waals surface area contributed by atoms with Crippen molar-refractivity contribution >= 4 is 22.9 Å². The average Bonchev–Trinajstić information content (AvgIpc) is 2.85. The van der Waals surface area contributed by atoms with E-state index < -0.39 is 0 Å². The first kappa shape index (κ1) is 13.6. The van der Waals surface area contributed by atoms with Crippen molar-refractivity contribution in [3.63, 3.8) is 0 Å². The Kier molecular flexibility index (Phi) is 4.81. The quantitative estimate of drug-likeness (QED) is 0.843. The van der Waals surface area contributed by atoms with Gasteiger partial charge >= 0.3 is 0 Å². The van der Waals surface area contributed by atoms with Gasteiger partial charge in [0.2, 0.25) is 0 Å². The fourth-order valence-corrected chi connectivity index (χ4v) is 3.10. The summed E-state index contributed by atoms with van der Waals surface area (Å²) in [5, 5.41) is 6.53. The Morgan fingerprint density at radius 2 is 2.11 bits per heavy atom. The van der Waals surface area contributed by atoms with E-state index in [2.05, 4.69) is 42.7 Å². The summed E-state index contributed by atoms with van der Waals surface area (Å²) < 4.78 is 0. The third-order valence-corrected chi connectivity index (χ3v) is 4.43. The summed E-state index contributed by atoms with van der Waals surface area (Å²) >= 11 is 8.02. The Hall–Kier alpha value is -0.830. The molecule has 1 atom stereocenters. The molecular formula is C15H18ClNS. The summed E-state index contributed by atoms with van der Waals surface area (Å²) in [6.45, 7) is 5.19. The van der Waals surface area contributed by atoms with Crippen molar-refractivity contribution in [2.75, 3.05) is 6.54 Å².